The molecule has 0 amide bonds. The molecule has 0 saturated heterocycles. The summed E-state index contributed by atoms with van der Waals surface area (Å²) in [6.45, 7) is 2.71. The van der Waals surface area contributed by atoms with Gasteiger partial charge in [-0.1, -0.05) is 6.92 Å². The molecule has 22 heavy (non-hydrogen) atoms. The smallest absolute Gasteiger partial charge is 0.312 e. The molecule has 0 fully saturated rings. The van der Waals surface area contributed by atoms with Crippen LogP contribution in [-0.2, 0) is 24.8 Å². The first-order valence-corrected chi connectivity index (χ1v) is 7.65. The van der Waals surface area contributed by atoms with Crippen molar-refractivity contribution in [1.82, 2.24) is 9.13 Å². The van der Waals surface area contributed by atoms with E-state index in [1.165, 1.54) is 0 Å². The Labute approximate surface area is 129 Å². The van der Waals surface area contributed by atoms with Gasteiger partial charge >= 0.3 is 5.97 Å². The Balaban J connectivity index is 2.14. The maximum atomic E-state index is 12.9. The molecule has 0 spiro atoms. The van der Waals surface area contributed by atoms with Crippen LogP contribution in [-0.4, -0.2) is 26.0 Å². The van der Waals surface area contributed by atoms with Crippen LogP contribution in [0.3, 0.4) is 0 Å². The van der Waals surface area contributed by atoms with Gasteiger partial charge in [0.05, 0.1) is 17.3 Å². The fourth-order valence-corrected chi connectivity index (χ4v) is 3.36. The molecular formula is C17H20N2O3. The summed E-state index contributed by atoms with van der Waals surface area (Å²) in [6, 6.07) is 5.56. The number of hydrogen-bond acceptors (Lipinski definition) is 2. The first-order valence-electron chi connectivity index (χ1n) is 7.65. The van der Waals surface area contributed by atoms with E-state index in [1.54, 1.807) is 10.6 Å². The second-order valence-electron chi connectivity index (χ2n) is 5.81. The summed E-state index contributed by atoms with van der Waals surface area (Å²) < 4.78 is 3.73. The van der Waals surface area contributed by atoms with Crippen LogP contribution in [0.2, 0.25) is 0 Å². The van der Waals surface area contributed by atoms with E-state index in [-0.39, 0.29) is 5.78 Å². The third kappa shape index (κ3) is 2.17. The summed E-state index contributed by atoms with van der Waals surface area (Å²) >= 11 is 0. The highest BCUT2D eigenvalue weighted by molar-refractivity contribution is 6.08. The molecule has 1 N–H and O–H groups in total. The zero-order valence-corrected chi connectivity index (χ0v) is 12.9. The number of aryl methyl sites for hydroxylation is 2. The number of carboxylic acid groups (broad SMARTS) is 1. The monoisotopic (exact) mass is 300 g/mol. The fourth-order valence-electron chi connectivity index (χ4n) is 3.36. The van der Waals surface area contributed by atoms with Crippen molar-refractivity contribution in [2.75, 3.05) is 0 Å². The summed E-state index contributed by atoms with van der Waals surface area (Å²) in [6.07, 6.45) is 3.99. The molecule has 0 aliphatic carbocycles. The van der Waals surface area contributed by atoms with Gasteiger partial charge in [-0.3, -0.25) is 9.59 Å². The summed E-state index contributed by atoms with van der Waals surface area (Å²) in [7, 11) is 1.85. The van der Waals surface area contributed by atoms with Gasteiger partial charge < -0.3 is 14.2 Å². The third-order valence-electron chi connectivity index (χ3n) is 4.51. The summed E-state index contributed by atoms with van der Waals surface area (Å²) in [5.41, 5.74) is 3.00. The minimum absolute atomic E-state index is 0.0263. The van der Waals surface area contributed by atoms with Crippen LogP contribution in [0.4, 0.5) is 0 Å². The van der Waals surface area contributed by atoms with Crippen molar-refractivity contribution < 1.29 is 14.7 Å². The standard InChI is InChI=1S/C17H20N2O3/c1-3-11-10-14-12(17(21)22)6-4-9-19(14)15(11)16(20)13-7-5-8-18(13)2/h5,7-8,10,12H,3-4,6,9H2,1-2H3,(H,21,22). The van der Waals surface area contributed by atoms with Crippen LogP contribution < -0.4 is 0 Å². The third-order valence-corrected chi connectivity index (χ3v) is 4.51. The van der Waals surface area contributed by atoms with Gasteiger partial charge in [-0.2, -0.15) is 0 Å². The topological polar surface area (TPSA) is 64.2 Å². The maximum absolute atomic E-state index is 12.9. The zero-order valence-electron chi connectivity index (χ0n) is 12.9. The number of hydrogen-bond donors (Lipinski definition) is 1. The number of ketones is 1. The molecule has 116 valence electrons. The van der Waals surface area contributed by atoms with E-state index >= 15 is 0 Å². The number of aliphatic carboxylic acids is 1. The highest BCUT2D eigenvalue weighted by Gasteiger charge is 2.32. The first kappa shape index (κ1) is 14.6. The van der Waals surface area contributed by atoms with Gasteiger partial charge in [-0.15, -0.1) is 0 Å². The van der Waals surface area contributed by atoms with Crippen LogP contribution in [0.1, 0.15) is 53.1 Å². The molecule has 1 atom stereocenters. The Hall–Kier alpha value is -2.30. The predicted octanol–water partition coefficient (Wildman–Crippen LogP) is 2.58. The molecule has 2 aromatic rings. The number of nitrogens with zero attached hydrogens (tertiary/aromatic N) is 2. The van der Waals surface area contributed by atoms with Gasteiger partial charge in [0.1, 0.15) is 0 Å². The summed E-state index contributed by atoms with van der Waals surface area (Å²) in [5, 5.41) is 9.42. The Morgan fingerprint density at radius 2 is 2.18 bits per heavy atom. The average Bonchev–Trinajstić information content (AvgIpc) is 3.08. The van der Waals surface area contributed by atoms with Crippen molar-refractivity contribution in [2.45, 2.75) is 38.6 Å². The Bertz CT molecular complexity index is 739. The van der Waals surface area contributed by atoms with Crippen LogP contribution >= 0.6 is 0 Å². The first-order chi connectivity index (χ1) is 10.5. The van der Waals surface area contributed by atoms with Gasteiger partial charge in [0.25, 0.3) is 0 Å². The van der Waals surface area contributed by atoms with Gasteiger partial charge in [0, 0.05) is 25.5 Å². The average molecular weight is 300 g/mol. The lowest BCUT2D eigenvalue weighted by atomic mass is 9.96. The normalized spacial score (nSPS) is 17.3. The van der Waals surface area contributed by atoms with Crippen LogP contribution in [0.15, 0.2) is 24.4 Å². The van der Waals surface area contributed by atoms with Gasteiger partial charge in [0.2, 0.25) is 5.78 Å². The molecule has 1 unspecified atom stereocenters. The molecule has 0 saturated carbocycles. The number of carbonyl (C=O) groups is 2. The van der Waals surface area contributed by atoms with E-state index in [2.05, 4.69) is 0 Å². The van der Waals surface area contributed by atoms with E-state index < -0.39 is 11.9 Å². The lowest BCUT2D eigenvalue weighted by Crippen LogP contribution is -2.24. The van der Waals surface area contributed by atoms with E-state index in [0.717, 1.165) is 24.1 Å². The van der Waals surface area contributed by atoms with Crippen LogP contribution in [0.25, 0.3) is 0 Å². The molecule has 0 bridgehead atoms. The molecule has 0 aromatic carbocycles. The second-order valence-corrected chi connectivity index (χ2v) is 5.81. The number of fused-ring (bicyclic) bond motifs is 1. The fraction of sp³-hybridized carbons (Fsp3) is 0.412. The van der Waals surface area contributed by atoms with Crippen molar-refractivity contribution in [2.24, 2.45) is 7.05 Å². The second kappa shape index (κ2) is 5.48. The largest absolute Gasteiger partial charge is 0.481 e. The van der Waals surface area contributed by atoms with E-state index in [0.29, 0.717) is 24.4 Å². The van der Waals surface area contributed by atoms with Crippen molar-refractivity contribution >= 4 is 11.8 Å². The number of carboxylic acids is 1. The Morgan fingerprint density at radius 1 is 1.41 bits per heavy atom. The van der Waals surface area contributed by atoms with Crippen molar-refractivity contribution in [3.63, 3.8) is 0 Å². The predicted molar refractivity (Wildman–Crippen MR) is 82.3 cm³/mol. The Morgan fingerprint density at radius 3 is 2.77 bits per heavy atom. The van der Waals surface area contributed by atoms with Gasteiger partial charge in [-0.25, -0.2) is 0 Å². The molecule has 3 rings (SSSR count). The lowest BCUT2D eigenvalue weighted by molar-refractivity contribution is -0.139. The molecule has 5 nitrogen and oxygen atoms in total. The molecule has 5 heteroatoms. The van der Waals surface area contributed by atoms with E-state index in [4.69, 9.17) is 0 Å². The van der Waals surface area contributed by atoms with Crippen molar-refractivity contribution in [3.8, 4) is 0 Å². The molecule has 0 radical (unpaired) electrons. The highest BCUT2D eigenvalue weighted by atomic mass is 16.4. The summed E-state index contributed by atoms with van der Waals surface area (Å²) in [5.74, 6) is -1.34. The van der Waals surface area contributed by atoms with E-state index in [1.807, 2.05) is 36.9 Å². The molecule has 1 aliphatic rings. The Kier molecular flexibility index (Phi) is 3.64. The maximum Gasteiger partial charge on any atom is 0.312 e. The SMILES string of the molecule is CCc1cc2n(c1C(=O)c1cccn1C)CCCC2C(=O)O. The number of rotatable bonds is 4. The molecular weight excluding hydrogens is 280 g/mol. The lowest BCUT2D eigenvalue weighted by Gasteiger charge is -2.23. The minimum Gasteiger partial charge on any atom is -0.481 e. The molecule has 2 aromatic heterocycles. The van der Waals surface area contributed by atoms with Crippen molar-refractivity contribution in [1.29, 1.82) is 0 Å². The van der Waals surface area contributed by atoms with Crippen LogP contribution in [0, 0.1) is 0 Å². The molecule has 3 heterocycles. The molecule has 1 aliphatic heterocycles. The van der Waals surface area contributed by atoms with E-state index in [9.17, 15) is 14.7 Å². The van der Waals surface area contributed by atoms with Gasteiger partial charge in [0.15, 0.2) is 0 Å². The quantitative estimate of drug-likeness (QED) is 0.883. The van der Waals surface area contributed by atoms with Crippen molar-refractivity contribution in [3.05, 3.63) is 47.0 Å². The zero-order chi connectivity index (χ0) is 15.9. The summed E-state index contributed by atoms with van der Waals surface area (Å²) in [4.78, 5) is 24.4. The number of carbonyl (C=O) groups excluding carboxylic acids is 1. The van der Waals surface area contributed by atoms with Crippen LogP contribution in [0.5, 0.6) is 0 Å². The minimum atomic E-state index is -0.807. The highest BCUT2D eigenvalue weighted by Crippen LogP contribution is 2.33. The van der Waals surface area contributed by atoms with Gasteiger partial charge in [-0.05, 0) is 43.0 Å². The number of aromatic nitrogens is 2.